The maximum atomic E-state index is 13.2. The lowest BCUT2D eigenvalue weighted by atomic mass is 9.80. The molecule has 0 saturated heterocycles. The topological polar surface area (TPSA) is 17.1 Å². The predicted molar refractivity (Wildman–Crippen MR) is 98.0 cm³/mol. The zero-order chi connectivity index (χ0) is 16.2. The molecule has 1 fully saturated rings. The number of carbonyl (C=O) groups excluding carboxylic acids is 1. The monoisotopic (exact) mass is 320 g/mol. The first-order valence-electron chi connectivity index (χ1n) is 8.49. The molecule has 21 heavy (non-hydrogen) atoms. The molecule has 118 valence electrons. The number of fused-ring (bicyclic) bond motifs is 1. The third-order valence-corrected chi connectivity index (χ3v) is 9.58. The Morgan fingerprint density at radius 2 is 1.14 bits per heavy atom. The number of rotatable bonds is 4. The summed E-state index contributed by atoms with van der Waals surface area (Å²) in [5, 5.41) is 2.55. The van der Waals surface area contributed by atoms with Crippen LogP contribution in [0.4, 0.5) is 0 Å². The first-order valence-corrected chi connectivity index (χ1v) is 15.5. The summed E-state index contributed by atoms with van der Waals surface area (Å²) in [6, 6.07) is 0. The number of Topliss-reactive ketones (excluding diaryl/α,β-unsaturated/α-hetero) is 1. The number of allylic oxidation sites excluding steroid dienone is 4. The van der Waals surface area contributed by atoms with Crippen molar-refractivity contribution in [1.29, 1.82) is 0 Å². The van der Waals surface area contributed by atoms with Gasteiger partial charge >= 0.3 is 0 Å². The number of ketones is 1. The third-order valence-electron chi connectivity index (χ3n) is 5.53. The summed E-state index contributed by atoms with van der Waals surface area (Å²) < 4.78 is 0. The molecule has 0 aromatic heterocycles. The molecule has 0 N–H and O–H groups in total. The Morgan fingerprint density at radius 1 is 0.810 bits per heavy atom. The van der Waals surface area contributed by atoms with Gasteiger partial charge in [0, 0.05) is 0 Å². The summed E-state index contributed by atoms with van der Waals surface area (Å²) in [5.74, 6) is 0.458. The van der Waals surface area contributed by atoms with Crippen molar-refractivity contribution >= 4 is 21.9 Å². The molecule has 2 rings (SSSR count). The average Bonchev–Trinajstić information content (AvgIpc) is 2.78. The Bertz CT molecular complexity index is 491. The van der Waals surface area contributed by atoms with E-state index in [1.54, 1.807) is 0 Å². The van der Waals surface area contributed by atoms with E-state index in [9.17, 15) is 4.79 Å². The Balaban J connectivity index is 2.65. The minimum Gasteiger partial charge on any atom is -0.290 e. The van der Waals surface area contributed by atoms with Crippen LogP contribution in [0.2, 0.25) is 39.3 Å². The van der Waals surface area contributed by atoms with Gasteiger partial charge in [0.2, 0.25) is 0 Å². The summed E-state index contributed by atoms with van der Waals surface area (Å²) in [6.07, 6.45) is 4.80. The summed E-state index contributed by atoms with van der Waals surface area (Å²) in [5.41, 5.74) is 3.43. The highest BCUT2D eigenvalue weighted by molar-refractivity contribution is 6.94. The molecule has 1 nitrogen and oxygen atoms in total. The Morgan fingerprint density at radius 3 is 1.38 bits per heavy atom. The molecular weight excluding hydrogens is 288 g/mol. The Kier molecular flexibility index (Phi) is 4.08. The van der Waals surface area contributed by atoms with E-state index in [0.29, 0.717) is 11.2 Å². The molecule has 0 atom stereocenters. The second kappa shape index (κ2) is 5.05. The molecule has 0 aromatic carbocycles. The lowest BCUT2D eigenvalue weighted by Gasteiger charge is -2.28. The first kappa shape index (κ1) is 16.9. The molecule has 0 aliphatic heterocycles. The quantitative estimate of drug-likeness (QED) is 0.624. The summed E-state index contributed by atoms with van der Waals surface area (Å²) >= 11 is 0. The largest absolute Gasteiger partial charge is 0.290 e. The van der Waals surface area contributed by atoms with Crippen LogP contribution in [0.25, 0.3) is 0 Å². The second-order valence-corrected chi connectivity index (χ2v) is 19.1. The van der Waals surface area contributed by atoms with E-state index in [2.05, 4.69) is 53.1 Å². The highest BCUT2D eigenvalue weighted by atomic mass is 28.3. The van der Waals surface area contributed by atoms with Crippen LogP contribution < -0.4 is 0 Å². The first-order chi connectivity index (χ1) is 9.47. The highest BCUT2D eigenvalue weighted by Gasteiger charge is 2.49. The minimum atomic E-state index is -1.57. The van der Waals surface area contributed by atoms with Crippen LogP contribution in [-0.4, -0.2) is 21.9 Å². The van der Waals surface area contributed by atoms with Crippen molar-refractivity contribution in [3.8, 4) is 0 Å². The zero-order valence-corrected chi connectivity index (χ0v) is 17.2. The molecule has 0 spiro atoms. The minimum absolute atomic E-state index is 0.432. The van der Waals surface area contributed by atoms with E-state index in [0.717, 1.165) is 12.8 Å². The third kappa shape index (κ3) is 2.67. The lowest BCUT2D eigenvalue weighted by Crippen LogP contribution is -2.35. The maximum absolute atomic E-state index is 13.2. The van der Waals surface area contributed by atoms with Gasteiger partial charge in [-0.1, -0.05) is 53.1 Å². The van der Waals surface area contributed by atoms with E-state index < -0.39 is 16.1 Å². The fraction of sp³-hybridized carbons (Fsp3) is 0.722. The summed E-state index contributed by atoms with van der Waals surface area (Å²) in [7, 11) is -3.14. The molecule has 1 saturated carbocycles. The molecule has 2 aliphatic rings. The molecule has 0 amide bonds. The van der Waals surface area contributed by atoms with Gasteiger partial charge in [-0.15, -0.1) is 0 Å². The molecule has 2 aliphatic carbocycles. The van der Waals surface area contributed by atoms with Crippen LogP contribution in [-0.2, 0) is 4.79 Å². The lowest BCUT2D eigenvalue weighted by molar-refractivity contribution is -0.111. The van der Waals surface area contributed by atoms with E-state index >= 15 is 0 Å². The smallest absolute Gasteiger partial charge is 0.177 e. The molecular formula is C18H32OSi2. The Labute approximate surface area is 132 Å². The molecule has 3 heteroatoms. The van der Waals surface area contributed by atoms with Gasteiger partial charge in [0.25, 0.3) is 0 Å². The van der Waals surface area contributed by atoms with Crippen molar-refractivity contribution in [2.45, 2.75) is 78.8 Å². The standard InChI is InChI=1S/C18H32OSi2/c1-9-18(10-2)11-13-14(12-18)17(21(6,7)8)15(19)16(13)20(3,4)5/h9-12H2,1-8H3. The van der Waals surface area contributed by atoms with E-state index in [1.165, 1.54) is 34.4 Å². The van der Waals surface area contributed by atoms with Crippen LogP contribution in [0.3, 0.4) is 0 Å². The van der Waals surface area contributed by atoms with Gasteiger partial charge in [0.1, 0.15) is 0 Å². The van der Waals surface area contributed by atoms with E-state index in [-0.39, 0.29) is 0 Å². The van der Waals surface area contributed by atoms with Crippen molar-refractivity contribution < 1.29 is 4.79 Å². The van der Waals surface area contributed by atoms with Gasteiger partial charge < -0.3 is 0 Å². The van der Waals surface area contributed by atoms with Crippen LogP contribution in [0.15, 0.2) is 21.5 Å². The maximum Gasteiger partial charge on any atom is 0.177 e. The zero-order valence-electron chi connectivity index (χ0n) is 15.2. The van der Waals surface area contributed by atoms with Gasteiger partial charge in [-0.3, -0.25) is 4.79 Å². The van der Waals surface area contributed by atoms with Gasteiger partial charge in [0.15, 0.2) is 5.78 Å². The van der Waals surface area contributed by atoms with Crippen LogP contribution in [0.5, 0.6) is 0 Å². The van der Waals surface area contributed by atoms with Crippen molar-refractivity contribution in [2.24, 2.45) is 5.41 Å². The van der Waals surface area contributed by atoms with Crippen molar-refractivity contribution in [3.63, 3.8) is 0 Å². The van der Waals surface area contributed by atoms with Gasteiger partial charge in [-0.25, -0.2) is 0 Å². The number of hydrogen-bond acceptors (Lipinski definition) is 1. The fourth-order valence-corrected chi connectivity index (χ4v) is 8.27. The molecule has 0 aromatic rings. The van der Waals surface area contributed by atoms with Crippen molar-refractivity contribution in [3.05, 3.63) is 21.5 Å². The van der Waals surface area contributed by atoms with Gasteiger partial charge in [-0.05, 0) is 52.6 Å². The molecule has 0 bridgehead atoms. The summed E-state index contributed by atoms with van der Waals surface area (Å²) in [6.45, 7) is 18.7. The van der Waals surface area contributed by atoms with Crippen LogP contribution >= 0.6 is 0 Å². The molecule has 0 unspecified atom stereocenters. The fourth-order valence-electron chi connectivity index (χ4n) is 4.24. The van der Waals surface area contributed by atoms with E-state index in [1.807, 2.05) is 0 Å². The molecule has 0 heterocycles. The van der Waals surface area contributed by atoms with Crippen LogP contribution in [0.1, 0.15) is 39.5 Å². The highest BCUT2D eigenvalue weighted by Crippen LogP contribution is 2.56. The SMILES string of the molecule is CCC1(CC)CC2=C([Si](C)(C)C)C(=O)C([Si](C)(C)C)=C2C1. The average molecular weight is 321 g/mol. The van der Waals surface area contributed by atoms with Crippen molar-refractivity contribution in [1.82, 2.24) is 0 Å². The van der Waals surface area contributed by atoms with Crippen LogP contribution in [0, 0.1) is 5.41 Å². The Hall–Kier alpha value is -0.416. The van der Waals surface area contributed by atoms with Gasteiger partial charge in [-0.2, -0.15) is 0 Å². The number of carbonyl (C=O) groups is 1. The summed E-state index contributed by atoms with van der Waals surface area (Å²) in [4.78, 5) is 13.2. The molecule has 0 radical (unpaired) electrons. The normalized spacial score (nSPS) is 22.4. The van der Waals surface area contributed by atoms with Crippen molar-refractivity contribution in [2.75, 3.05) is 0 Å². The van der Waals surface area contributed by atoms with Gasteiger partial charge in [0.05, 0.1) is 16.1 Å². The number of hydrogen-bond donors (Lipinski definition) is 0. The van der Waals surface area contributed by atoms with E-state index in [4.69, 9.17) is 0 Å². The predicted octanol–water partition coefficient (Wildman–Crippen LogP) is 5.52. The second-order valence-electron chi connectivity index (χ2n) is 9.10.